The molecule has 0 heterocycles. The molecule has 0 saturated heterocycles. The number of allylic oxidation sites excluding steroid dienone is 2. The number of hydrogen-bond donors (Lipinski definition) is 0. The fourth-order valence-corrected chi connectivity index (χ4v) is 2.54. The zero-order valence-electron chi connectivity index (χ0n) is 11.4. The van der Waals surface area contributed by atoms with Crippen molar-refractivity contribution in [2.75, 3.05) is 6.61 Å². The molecule has 2 rings (SSSR count). The summed E-state index contributed by atoms with van der Waals surface area (Å²) in [4.78, 5) is 10.3. The molecule has 0 spiro atoms. The van der Waals surface area contributed by atoms with Crippen molar-refractivity contribution >= 4 is 17.3 Å². The number of nitro groups is 1. The average molecular weight is 296 g/mol. The number of hydrogen-bond acceptors (Lipinski definition) is 3. The Bertz CT molecular complexity index is 516. The van der Waals surface area contributed by atoms with Gasteiger partial charge in [0.1, 0.15) is 5.02 Å². The van der Waals surface area contributed by atoms with Gasteiger partial charge in [-0.05, 0) is 36.3 Å². The SMILES string of the molecule is CC1CC=CCC1COCc1ccc(Cl)c([N+](=O)[O-])c1. The second-order valence-corrected chi connectivity index (χ2v) is 5.65. The third kappa shape index (κ3) is 3.81. The molecule has 0 aliphatic heterocycles. The lowest BCUT2D eigenvalue weighted by Gasteiger charge is -2.24. The minimum atomic E-state index is -0.472. The first-order valence-corrected chi connectivity index (χ1v) is 7.11. The van der Waals surface area contributed by atoms with Crippen LogP contribution in [0.3, 0.4) is 0 Å². The van der Waals surface area contributed by atoms with E-state index >= 15 is 0 Å². The zero-order chi connectivity index (χ0) is 14.5. The minimum absolute atomic E-state index is 0.0678. The van der Waals surface area contributed by atoms with Gasteiger partial charge in [0.2, 0.25) is 0 Å². The van der Waals surface area contributed by atoms with Gasteiger partial charge < -0.3 is 4.74 Å². The highest BCUT2D eigenvalue weighted by atomic mass is 35.5. The van der Waals surface area contributed by atoms with Gasteiger partial charge in [0, 0.05) is 6.07 Å². The van der Waals surface area contributed by atoms with Crippen LogP contribution in [0.4, 0.5) is 5.69 Å². The number of halogens is 1. The molecule has 108 valence electrons. The number of rotatable bonds is 5. The predicted molar refractivity (Wildman–Crippen MR) is 78.8 cm³/mol. The fraction of sp³-hybridized carbons (Fsp3) is 0.467. The molecule has 1 aliphatic rings. The van der Waals surface area contributed by atoms with Gasteiger partial charge in [0.05, 0.1) is 18.1 Å². The van der Waals surface area contributed by atoms with Gasteiger partial charge in [-0.3, -0.25) is 10.1 Å². The van der Waals surface area contributed by atoms with Crippen LogP contribution in [0.5, 0.6) is 0 Å². The van der Waals surface area contributed by atoms with Crippen molar-refractivity contribution in [2.24, 2.45) is 11.8 Å². The van der Waals surface area contributed by atoms with Crippen LogP contribution in [-0.4, -0.2) is 11.5 Å². The normalized spacial score (nSPS) is 21.9. The van der Waals surface area contributed by atoms with Crippen LogP contribution >= 0.6 is 11.6 Å². The second kappa shape index (κ2) is 6.86. The molecule has 0 fully saturated rings. The van der Waals surface area contributed by atoms with Gasteiger partial charge in [-0.1, -0.05) is 36.7 Å². The first-order chi connectivity index (χ1) is 9.58. The van der Waals surface area contributed by atoms with E-state index in [4.69, 9.17) is 16.3 Å². The lowest BCUT2D eigenvalue weighted by atomic mass is 9.85. The van der Waals surface area contributed by atoms with Crippen molar-refractivity contribution in [1.29, 1.82) is 0 Å². The van der Waals surface area contributed by atoms with E-state index in [1.165, 1.54) is 6.07 Å². The Morgan fingerprint density at radius 3 is 2.85 bits per heavy atom. The molecule has 4 nitrogen and oxygen atoms in total. The van der Waals surface area contributed by atoms with Gasteiger partial charge in [0.25, 0.3) is 5.69 Å². The first kappa shape index (κ1) is 15.0. The standard InChI is InChI=1S/C15H18ClNO3/c1-11-4-2-3-5-13(11)10-20-9-12-6-7-14(16)15(8-12)17(18)19/h2-3,6-8,11,13H,4-5,9-10H2,1H3. The van der Waals surface area contributed by atoms with Crippen molar-refractivity contribution < 1.29 is 9.66 Å². The molecule has 0 saturated carbocycles. The number of ether oxygens (including phenoxy) is 1. The molecule has 0 aromatic heterocycles. The summed E-state index contributed by atoms with van der Waals surface area (Å²) in [6.45, 7) is 3.29. The van der Waals surface area contributed by atoms with Crippen LogP contribution in [-0.2, 0) is 11.3 Å². The van der Waals surface area contributed by atoms with E-state index in [1.807, 2.05) is 0 Å². The van der Waals surface area contributed by atoms with Crippen molar-refractivity contribution in [2.45, 2.75) is 26.4 Å². The van der Waals surface area contributed by atoms with Crippen molar-refractivity contribution in [3.8, 4) is 0 Å². The molecule has 1 aromatic rings. The zero-order valence-corrected chi connectivity index (χ0v) is 12.2. The minimum Gasteiger partial charge on any atom is -0.376 e. The Morgan fingerprint density at radius 1 is 1.40 bits per heavy atom. The average Bonchev–Trinajstić information content (AvgIpc) is 2.42. The molecule has 5 heteroatoms. The summed E-state index contributed by atoms with van der Waals surface area (Å²) in [5, 5.41) is 11.0. The third-order valence-electron chi connectivity index (χ3n) is 3.73. The number of nitrogens with zero attached hydrogens (tertiary/aromatic N) is 1. The molecule has 2 atom stereocenters. The Kier molecular flexibility index (Phi) is 5.15. The van der Waals surface area contributed by atoms with Crippen LogP contribution < -0.4 is 0 Å². The van der Waals surface area contributed by atoms with Gasteiger partial charge in [-0.2, -0.15) is 0 Å². The molecule has 0 N–H and O–H groups in total. The smallest absolute Gasteiger partial charge is 0.288 e. The summed E-state index contributed by atoms with van der Waals surface area (Å²) in [6, 6.07) is 4.79. The lowest BCUT2D eigenvalue weighted by molar-refractivity contribution is -0.384. The largest absolute Gasteiger partial charge is 0.376 e. The quantitative estimate of drug-likeness (QED) is 0.460. The molecule has 0 amide bonds. The van der Waals surface area contributed by atoms with E-state index in [-0.39, 0.29) is 10.7 Å². The maximum absolute atomic E-state index is 10.8. The van der Waals surface area contributed by atoms with E-state index in [1.54, 1.807) is 12.1 Å². The summed E-state index contributed by atoms with van der Waals surface area (Å²) < 4.78 is 5.70. The summed E-state index contributed by atoms with van der Waals surface area (Å²) in [7, 11) is 0. The summed E-state index contributed by atoms with van der Waals surface area (Å²) in [5.74, 6) is 1.15. The Morgan fingerprint density at radius 2 is 2.15 bits per heavy atom. The third-order valence-corrected chi connectivity index (χ3v) is 4.05. The number of nitro benzene ring substituents is 1. The fourth-order valence-electron chi connectivity index (χ4n) is 2.36. The predicted octanol–water partition coefficient (Wildman–Crippen LogP) is 4.37. The molecule has 1 aromatic carbocycles. The van der Waals surface area contributed by atoms with E-state index < -0.39 is 4.92 Å². The van der Waals surface area contributed by atoms with Crippen molar-refractivity contribution in [1.82, 2.24) is 0 Å². The van der Waals surface area contributed by atoms with E-state index in [2.05, 4.69) is 19.1 Å². The molecule has 20 heavy (non-hydrogen) atoms. The van der Waals surface area contributed by atoms with Gasteiger partial charge in [0.15, 0.2) is 0 Å². The van der Waals surface area contributed by atoms with E-state index in [0.717, 1.165) is 18.4 Å². The summed E-state index contributed by atoms with van der Waals surface area (Å²) >= 11 is 5.78. The van der Waals surface area contributed by atoms with Gasteiger partial charge in [-0.15, -0.1) is 0 Å². The molecular weight excluding hydrogens is 278 g/mol. The molecule has 0 radical (unpaired) electrons. The van der Waals surface area contributed by atoms with Crippen molar-refractivity contribution in [3.05, 3.63) is 51.1 Å². The topological polar surface area (TPSA) is 52.4 Å². The van der Waals surface area contributed by atoms with Crippen LogP contribution in [0.15, 0.2) is 30.4 Å². The second-order valence-electron chi connectivity index (χ2n) is 5.24. The highest BCUT2D eigenvalue weighted by Crippen LogP contribution is 2.27. The van der Waals surface area contributed by atoms with Crippen LogP contribution in [0.2, 0.25) is 5.02 Å². The highest BCUT2D eigenvalue weighted by Gasteiger charge is 2.18. The Balaban J connectivity index is 1.89. The molecule has 2 unspecified atom stereocenters. The first-order valence-electron chi connectivity index (χ1n) is 6.73. The molecule has 1 aliphatic carbocycles. The lowest BCUT2D eigenvalue weighted by Crippen LogP contribution is -2.19. The van der Waals surface area contributed by atoms with Crippen LogP contribution in [0.25, 0.3) is 0 Å². The van der Waals surface area contributed by atoms with Crippen LogP contribution in [0.1, 0.15) is 25.3 Å². The summed E-state index contributed by atoms with van der Waals surface area (Å²) in [6.07, 6.45) is 6.55. The molecular formula is C15H18ClNO3. The Labute approximate surface area is 123 Å². The summed E-state index contributed by atoms with van der Waals surface area (Å²) in [5.41, 5.74) is 0.710. The maximum Gasteiger partial charge on any atom is 0.288 e. The van der Waals surface area contributed by atoms with E-state index in [9.17, 15) is 10.1 Å². The highest BCUT2D eigenvalue weighted by molar-refractivity contribution is 6.32. The molecule has 0 bridgehead atoms. The Hall–Kier alpha value is -1.39. The van der Waals surface area contributed by atoms with Crippen molar-refractivity contribution in [3.63, 3.8) is 0 Å². The maximum atomic E-state index is 10.8. The van der Waals surface area contributed by atoms with E-state index in [0.29, 0.717) is 25.0 Å². The monoisotopic (exact) mass is 295 g/mol. The van der Waals surface area contributed by atoms with Gasteiger partial charge >= 0.3 is 0 Å². The number of benzene rings is 1. The van der Waals surface area contributed by atoms with Crippen LogP contribution in [0, 0.1) is 22.0 Å². The van der Waals surface area contributed by atoms with Gasteiger partial charge in [-0.25, -0.2) is 0 Å².